The first-order valence-electron chi connectivity index (χ1n) is 24.9. The first-order chi connectivity index (χ1) is 34.0. The van der Waals surface area contributed by atoms with Gasteiger partial charge in [0, 0.05) is 39.5 Å². The molecule has 10 aromatic carbocycles. The first-order valence-corrected chi connectivity index (χ1v) is 24.9. The van der Waals surface area contributed by atoms with Crippen LogP contribution in [0.1, 0.15) is 68.6 Å². The minimum absolute atomic E-state index is 0.218. The second-order valence-electron chi connectivity index (χ2n) is 19.5. The van der Waals surface area contributed by atoms with Gasteiger partial charge in [-0.1, -0.05) is 203 Å². The summed E-state index contributed by atoms with van der Waals surface area (Å²) < 4.78 is 0. The third-order valence-corrected chi connectivity index (χ3v) is 15.0. The lowest BCUT2D eigenvalue weighted by molar-refractivity contribution is 0.443. The molecule has 0 aliphatic heterocycles. The molecule has 0 amide bonds. The fourth-order valence-electron chi connectivity index (χ4n) is 11.6. The molecule has 2 aliphatic rings. The molecular formula is C67H56N2. The summed E-state index contributed by atoms with van der Waals surface area (Å²) in [5.41, 5.74) is 20.5. The minimum atomic E-state index is -0.218. The van der Waals surface area contributed by atoms with Crippen LogP contribution in [0.4, 0.5) is 34.1 Å². The smallest absolute Gasteiger partial charge is 0.0488 e. The zero-order valence-electron chi connectivity index (χ0n) is 39.5. The predicted octanol–water partition coefficient (Wildman–Crippen LogP) is 19.1. The van der Waals surface area contributed by atoms with Crippen molar-refractivity contribution >= 4 is 44.9 Å². The van der Waals surface area contributed by atoms with E-state index in [-0.39, 0.29) is 5.41 Å². The van der Waals surface area contributed by atoms with E-state index in [0.717, 1.165) is 39.7 Å². The highest BCUT2D eigenvalue weighted by atomic mass is 15.2. The summed E-state index contributed by atoms with van der Waals surface area (Å²) in [6.45, 7) is 4.79. The summed E-state index contributed by atoms with van der Waals surface area (Å²) in [5, 5.41) is 2.46. The summed E-state index contributed by atoms with van der Waals surface area (Å²) >= 11 is 0. The Morgan fingerprint density at radius 1 is 0.348 bits per heavy atom. The number of para-hydroxylation sites is 2. The lowest BCUT2D eigenvalue weighted by atomic mass is 9.81. The van der Waals surface area contributed by atoms with Gasteiger partial charge in [0.2, 0.25) is 0 Å². The highest BCUT2D eigenvalue weighted by Gasteiger charge is 2.37. The first kappa shape index (κ1) is 42.4. The molecule has 69 heavy (non-hydrogen) atoms. The van der Waals surface area contributed by atoms with Crippen molar-refractivity contribution in [3.63, 3.8) is 0 Å². The zero-order valence-corrected chi connectivity index (χ0v) is 39.5. The molecule has 2 aliphatic carbocycles. The van der Waals surface area contributed by atoms with Crippen molar-refractivity contribution in [2.45, 2.75) is 57.3 Å². The standard InChI is InChI=1S/C67H56N2/c1-67(2)63-34-20-33-60(49-23-10-4-11-24-49)66(63)62-42-40-56(46-64(62)67)69(54-30-16-7-17-31-54)58-44-52(61-41-37-50-25-18-19-32-59(50)65(61)51-26-12-5-13-27-51)43-57(45-58)68(53-28-14-6-15-29-53)55-38-35-48(36-39-55)47-21-8-3-9-22-47/h4-7,10-20,23-47H,3,8-9,21-22H2,1-2H3. The number of rotatable bonds is 10. The second kappa shape index (κ2) is 17.9. The molecule has 334 valence electrons. The molecule has 12 rings (SSSR count). The van der Waals surface area contributed by atoms with E-state index >= 15 is 0 Å². The van der Waals surface area contributed by atoms with E-state index in [1.54, 1.807) is 0 Å². The van der Waals surface area contributed by atoms with Crippen molar-refractivity contribution in [3.05, 3.63) is 253 Å². The Morgan fingerprint density at radius 3 is 1.55 bits per heavy atom. The Balaban J connectivity index is 1.10. The monoisotopic (exact) mass is 888 g/mol. The molecule has 0 heterocycles. The van der Waals surface area contributed by atoms with Gasteiger partial charge >= 0.3 is 0 Å². The quantitative estimate of drug-likeness (QED) is 0.135. The van der Waals surface area contributed by atoms with Crippen LogP contribution in [0.25, 0.3) is 55.3 Å². The van der Waals surface area contributed by atoms with Crippen LogP contribution in [0.15, 0.2) is 237 Å². The van der Waals surface area contributed by atoms with Gasteiger partial charge in [-0.05, 0) is 157 Å². The minimum Gasteiger partial charge on any atom is -0.310 e. The molecule has 10 aromatic rings. The maximum absolute atomic E-state index is 2.48. The van der Waals surface area contributed by atoms with Gasteiger partial charge in [-0.15, -0.1) is 0 Å². The SMILES string of the molecule is CC1(C)c2cc(N(c3ccccc3)c3cc(-c4ccc5ccccc5c4-c4ccccc4)cc(N(c4ccccc4)c4ccc(C5CCCCC5)cc4)c3)ccc2-c2c(-c3ccccc3)cccc21. The molecule has 0 radical (unpaired) electrons. The van der Waals surface area contributed by atoms with E-state index in [1.165, 1.54) is 98.5 Å². The molecule has 0 saturated heterocycles. The van der Waals surface area contributed by atoms with Gasteiger partial charge in [0.15, 0.2) is 0 Å². The van der Waals surface area contributed by atoms with Crippen LogP contribution in [-0.4, -0.2) is 0 Å². The van der Waals surface area contributed by atoms with Crippen LogP contribution in [0.5, 0.6) is 0 Å². The number of fused-ring (bicyclic) bond motifs is 4. The van der Waals surface area contributed by atoms with Gasteiger partial charge < -0.3 is 9.80 Å². The van der Waals surface area contributed by atoms with Gasteiger partial charge in [0.25, 0.3) is 0 Å². The summed E-state index contributed by atoms with van der Waals surface area (Å²) in [4.78, 5) is 4.93. The van der Waals surface area contributed by atoms with E-state index in [9.17, 15) is 0 Å². The molecule has 0 atom stereocenters. The summed E-state index contributed by atoms with van der Waals surface area (Å²) in [6, 6.07) is 87.9. The van der Waals surface area contributed by atoms with Crippen molar-refractivity contribution in [2.24, 2.45) is 0 Å². The third kappa shape index (κ3) is 7.80. The molecule has 0 unspecified atom stereocenters. The molecule has 1 fully saturated rings. The topological polar surface area (TPSA) is 6.48 Å². The van der Waals surface area contributed by atoms with Crippen LogP contribution >= 0.6 is 0 Å². The molecular weight excluding hydrogens is 833 g/mol. The van der Waals surface area contributed by atoms with E-state index in [0.29, 0.717) is 5.92 Å². The molecule has 2 heteroatoms. The van der Waals surface area contributed by atoms with Gasteiger partial charge in [0.1, 0.15) is 0 Å². The average molecular weight is 889 g/mol. The number of anilines is 6. The van der Waals surface area contributed by atoms with Crippen LogP contribution < -0.4 is 9.80 Å². The molecule has 0 spiro atoms. The Hall–Kier alpha value is -7.94. The van der Waals surface area contributed by atoms with Gasteiger partial charge in [-0.25, -0.2) is 0 Å². The summed E-state index contributed by atoms with van der Waals surface area (Å²) in [7, 11) is 0. The Labute approximate surface area is 407 Å². The predicted molar refractivity (Wildman–Crippen MR) is 293 cm³/mol. The number of benzene rings is 10. The largest absolute Gasteiger partial charge is 0.310 e. The second-order valence-corrected chi connectivity index (χ2v) is 19.5. The van der Waals surface area contributed by atoms with Crippen LogP contribution in [0.3, 0.4) is 0 Å². The normalized spacial score (nSPS) is 14.0. The average Bonchev–Trinajstić information content (AvgIpc) is 3.65. The fourth-order valence-corrected chi connectivity index (χ4v) is 11.6. The molecule has 0 N–H and O–H groups in total. The highest BCUT2D eigenvalue weighted by Crippen LogP contribution is 2.54. The van der Waals surface area contributed by atoms with E-state index in [2.05, 4.69) is 260 Å². The number of nitrogens with zero attached hydrogens (tertiary/aromatic N) is 2. The molecule has 0 bridgehead atoms. The van der Waals surface area contributed by atoms with E-state index in [1.807, 2.05) is 0 Å². The molecule has 0 aromatic heterocycles. The van der Waals surface area contributed by atoms with Gasteiger partial charge in [-0.3, -0.25) is 0 Å². The third-order valence-electron chi connectivity index (χ3n) is 15.0. The maximum Gasteiger partial charge on any atom is 0.0488 e. The van der Waals surface area contributed by atoms with E-state index < -0.39 is 0 Å². The van der Waals surface area contributed by atoms with Crippen molar-refractivity contribution in [3.8, 4) is 44.5 Å². The lowest BCUT2D eigenvalue weighted by Crippen LogP contribution is -2.17. The van der Waals surface area contributed by atoms with Crippen LogP contribution in [0.2, 0.25) is 0 Å². The molecule has 2 nitrogen and oxygen atoms in total. The van der Waals surface area contributed by atoms with Gasteiger partial charge in [0.05, 0.1) is 0 Å². The highest BCUT2D eigenvalue weighted by molar-refractivity contribution is 6.05. The number of hydrogen-bond donors (Lipinski definition) is 0. The fraction of sp³-hybridized carbons (Fsp3) is 0.134. The summed E-state index contributed by atoms with van der Waals surface area (Å²) in [5.74, 6) is 0.631. The van der Waals surface area contributed by atoms with Crippen molar-refractivity contribution in [1.29, 1.82) is 0 Å². The Bertz CT molecular complexity index is 3420. The van der Waals surface area contributed by atoms with Crippen LogP contribution in [0, 0.1) is 0 Å². The Kier molecular flexibility index (Phi) is 11.0. The van der Waals surface area contributed by atoms with E-state index in [4.69, 9.17) is 0 Å². The lowest BCUT2D eigenvalue weighted by Gasteiger charge is -2.31. The van der Waals surface area contributed by atoms with Crippen molar-refractivity contribution < 1.29 is 0 Å². The maximum atomic E-state index is 2.48. The van der Waals surface area contributed by atoms with Crippen molar-refractivity contribution in [1.82, 2.24) is 0 Å². The zero-order chi connectivity index (χ0) is 46.3. The Morgan fingerprint density at radius 2 is 0.884 bits per heavy atom. The summed E-state index contributed by atoms with van der Waals surface area (Å²) in [6.07, 6.45) is 6.54. The molecule has 1 saturated carbocycles. The number of hydrogen-bond acceptors (Lipinski definition) is 2. The van der Waals surface area contributed by atoms with Crippen molar-refractivity contribution in [2.75, 3.05) is 9.80 Å². The van der Waals surface area contributed by atoms with Crippen LogP contribution in [-0.2, 0) is 5.41 Å². The van der Waals surface area contributed by atoms with Gasteiger partial charge in [-0.2, -0.15) is 0 Å².